The number of ether oxygens (including phenoxy) is 3. The molecule has 0 aromatic heterocycles. The summed E-state index contributed by atoms with van der Waals surface area (Å²) in [7, 11) is 0. The Morgan fingerprint density at radius 2 is 0.613 bits per heavy atom. The van der Waals surface area contributed by atoms with E-state index >= 15 is 0 Å². The summed E-state index contributed by atoms with van der Waals surface area (Å²) in [6.07, 6.45) is 51.3. The molecule has 0 bridgehead atoms. The molecule has 0 spiro atoms. The van der Waals surface area contributed by atoms with Crippen molar-refractivity contribution >= 4 is 17.9 Å². The van der Waals surface area contributed by atoms with Crippen molar-refractivity contribution in [3.8, 4) is 0 Å². The van der Waals surface area contributed by atoms with Crippen molar-refractivity contribution in [2.75, 3.05) is 13.2 Å². The Hall–Kier alpha value is -1.59. The Morgan fingerprint density at radius 1 is 0.339 bits per heavy atom. The third-order valence-corrected chi connectivity index (χ3v) is 13.1. The molecule has 6 nitrogen and oxygen atoms in total. The van der Waals surface area contributed by atoms with Crippen LogP contribution in [0.2, 0.25) is 0 Å². The highest BCUT2D eigenvalue weighted by molar-refractivity contribution is 5.71. The second-order valence-electron chi connectivity index (χ2n) is 19.9. The molecule has 0 amide bonds. The zero-order chi connectivity index (χ0) is 45.4. The van der Waals surface area contributed by atoms with Gasteiger partial charge in [-0.1, -0.05) is 272 Å². The smallest absolute Gasteiger partial charge is 0.306 e. The Morgan fingerprint density at radius 3 is 0.919 bits per heavy atom. The van der Waals surface area contributed by atoms with Crippen LogP contribution >= 0.6 is 0 Å². The van der Waals surface area contributed by atoms with Crippen LogP contribution in [0.1, 0.15) is 311 Å². The first-order valence-electron chi connectivity index (χ1n) is 27.8. The summed E-state index contributed by atoms with van der Waals surface area (Å²) < 4.78 is 16.7. The molecule has 0 N–H and O–H groups in total. The fourth-order valence-corrected chi connectivity index (χ4v) is 8.49. The summed E-state index contributed by atoms with van der Waals surface area (Å²) in [5.74, 6) is 0.896. The first-order valence-corrected chi connectivity index (χ1v) is 27.8. The van der Waals surface area contributed by atoms with Crippen molar-refractivity contribution in [1.29, 1.82) is 0 Å². The average molecular weight is 877 g/mol. The molecule has 0 heterocycles. The second-order valence-corrected chi connectivity index (χ2v) is 19.9. The molecule has 0 radical (unpaired) electrons. The molecule has 1 unspecified atom stereocenters. The highest BCUT2D eigenvalue weighted by Gasteiger charge is 2.19. The number of hydrogen-bond donors (Lipinski definition) is 0. The van der Waals surface area contributed by atoms with Crippen LogP contribution in [0.5, 0.6) is 0 Å². The SMILES string of the molecule is CCCCCCCC(=O)O[C@H](COC(=O)CCCCCCCCCCCCCCCCCCCCC(C)CC)COC(=O)CCCCCCCCCCCCCCCCC(C)C. The maximum Gasteiger partial charge on any atom is 0.306 e. The zero-order valence-corrected chi connectivity index (χ0v) is 42.5. The molecular formula is C56H108O6. The van der Waals surface area contributed by atoms with E-state index in [0.717, 1.165) is 76.0 Å². The van der Waals surface area contributed by atoms with Crippen LogP contribution in [0.4, 0.5) is 0 Å². The van der Waals surface area contributed by atoms with Gasteiger partial charge in [0.25, 0.3) is 0 Å². The highest BCUT2D eigenvalue weighted by atomic mass is 16.6. The van der Waals surface area contributed by atoms with Crippen LogP contribution < -0.4 is 0 Å². The van der Waals surface area contributed by atoms with Gasteiger partial charge in [0.05, 0.1) is 0 Å². The van der Waals surface area contributed by atoms with Gasteiger partial charge in [-0.15, -0.1) is 0 Å². The minimum atomic E-state index is -0.760. The van der Waals surface area contributed by atoms with Crippen molar-refractivity contribution in [2.45, 2.75) is 317 Å². The molecule has 0 aromatic rings. The topological polar surface area (TPSA) is 78.9 Å². The van der Waals surface area contributed by atoms with Gasteiger partial charge in [-0.3, -0.25) is 14.4 Å². The first-order chi connectivity index (χ1) is 30.3. The van der Waals surface area contributed by atoms with E-state index in [-0.39, 0.29) is 31.1 Å². The van der Waals surface area contributed by atoms with E-state index in [4.69, 9.17) is 14.2 Å². The summed E-state index contributed by atoms with van der Waals surface area (Å²) in [4.78, 5) is 37.7. The normalized spacial score (nSPS) is 12.5. The van der Waals surface area contributed by atoms with Crippen LogP contribution in [0.3, 0.4) is 0 Å². The van der Waals surface area contributed by atoms with Gasteiger partial charge < -0.3 is 14.2 Å². The third kappa shape index (κ3) is 47.9. The molecular weight excluding hydrogens is 769 g/mol. The lowest BCUT2D eigenvalue weighted by atomic mass is 9.99. The second kappa shape index (κ2) is 48.9. The molecule has 0 aromatic carbocycles. The lowest BCUT2D eigenvalue weighted by Crippen LogP contribution is -2.30. The summed E-state index contributed by atoms with van der Waals surface area (Å²) in [5, 5.41) is 0. The van der Waals surface area contributed by atoms with Gasteiger partial charge in [0, 0.05) is 19.3 Å². The van der Waals surface area contributed by atoms with Crippen LogP contribution in [0.15, 0.2) is 0 Å². The van der Waals surface area contributed by atoms with E-state index in [9.17, 15) is 14.4 Å². The largest absolute Gasteiger partial charge is 0.462 e. The van der Waals surface area contributed by atoms with Gasteiger partial charge in [0.2, 0.25) is 0 Å². The minimum Gasteiger partial charge on any atom is -0.462 e. The number of carbonyl (C=O) groups excluding carboxylic acids is 3. The molecule has 0 fully saturated rings. The van der Waals surface area contributed by atoms with E-state index in [1.54, 1.807) is 0 Å². The number of rotatable bonds is 50. The number of carbonyl (C=O) groups is 3. The van der Waals surface area contributed by atoms with Crippen molar-refractivity contribution in [3.05, 3.63) is 0 Å². The quantitative estimate of drug-likeness (QED) is 0.0344. The van der Waals surface area contributed by atoms with E-state index in [1.807, 2.05) is 0 Å². The van der Waals surface area contributed by atoms with Crippen molar-refractivity contribution in [2.24, 2.45) is 11.8 Å². The summed E-state index contributed by atoms with van der Waals surface area (Å²) in [6.45, 7) is 11.4. The Labute approximate surface area is 387 Å². The van der Waals surface area contributed by atoms with Gasteiger partial charge in [-0.2, -0.15) is 0 Å². The summed E-state index contributed by atoms with van der Waals surface area (Å²) >= 11 is 0. The van der Waals surface area contributed by atoms with Crippen LogP contribution in [0.25, 0.3) is 0 Å². The minimum absolute atomic E-state index is 0.0646. The van der Waals surface area contributed by atoms with Gasteiger partial charge in [-0.05, 0) is 31.1 Å². The molecule has 6 heteroatoms. The van der Waals surface area contributed by atoms with Gasteiger partial charge in [0.1, 0.15) is 13.2 Å². The van der Waals surface area contributed by atoms with Crippen LogP contribution in [-0.2, 0) is 28.6 Å². The average Bonchev–Trinajstić information content (AvgIpc) is 3.26. The Kier molecular flexibility index (Phi) is 47.6. The van der Waals surface area contributed by atoms with Gasteiger partial charge in [-0.25, -0.2) is 0 Å². The number of unbranched alkanes of at least 4 members (excludes halogenated alkanes) is 34. The molecule has 0 aliphatic heterocycles. The fraction of sp³-hybridized carbons (Fsp3) is 0.946. The van der Waals surface area contributed by atoms with Gasteiger partial charge in [0.15, 0.2) is 6.10 Å². The van der Waals surface area contributed by atoms with E-state index in [2.05, 4.69) is 34.6 Å². The maximum atomic E-state index is 12.6. The Bertz CT molecular complexity index is 949. The monoisotopic (exact) mass is 877 g/mol. The highest BCUT2D eigenvalue weighted by Crippen LogP contribution is 2.18. The van der Waals surface area contributed by atoms with Crippen LogP contribution in [-0.4, -0.2) is 37.2 Å². The predicted octanol–water partition coefficient (Wildman–Crippen LogP) is 18.1. The molecule has 0 saturated heterocycles. The molecule has 0 saturated carbocycles. The zero-order valence-electron chi connectivity index (χ0n) is 42.5. The molecule has 0 aliphatic carbocycles. The Balaban J connectivity index is 4.00. The number of esters is 3. The fourth-order valence-electron chi connectivity index (χ4n) is 8.49. The summed E-state index contributed by atoms with van der Waals surface area (Å²) in [6, 6.07) is 0. The number of hydrogen-bond acceptors (Lipinski definition) is 6. The summed E-state index contributed by atoms with van der Waals surface area (Å²) in [5.41, 5.74) is 0. The molecule has 0 aliphatic rings. The van der Waals surface area contributed by atoms with E-state index in [0.29, 0.717) is 19.3 Å². The third-order valence-electron chi connectivity index (χ3n) is 13.1. The lowest BCUT2D eigenvalue weighted by Gasteiger charge is -2.18. The molecule has 0 rings (SSSR count). The van der Waals surface area contributed by atoms with Crippen LogP contribution in [0, 0.1) is 11.8 Å². The molecule has 368 valence electrons. The van der Waals surface area contributed by atoms with Crippen molar-refractivity contribution < 1.29 is 28.6 Å². The van der Waals surface area contributed by atoms with Crippen molar-refractivity contribution in [3.63, 3.8) is 0 Å². The molecule has 2 atom stereocenters. The maximum absolute atomic E-state index is 12.6. The van der Waals surface area contributed by atoms with E-state index in [1.165, 1.54) is 193 Å². The standard InChI is InChI=1S/C56H108O6/c1-6-8-9-34-43-48-56(59)62-53(50-61-55(58)47-42-38-33-29-25-21-17-16-18-22-26-30-35-39-44-51(3)4)49-60-54(57)46-41-37-32-28-24-20-15-13-11-10-12-14-19-23-27-31-36-40-45-52(5)7-2/h51-53H,6-50H2,1-5H3/t52?,53-/m1/s1. The van der Waals surface area contributed by atoms with Crippen molar-refractivity contribution in [1.82, 2.24) is 0 Å². The van der Waals surface area contributed by atoms with E-state index < -0.39 is 6.10 Å². The lowest BCUT2D eigenvalue weighted by molar-refractivity contribution is -0.167. The first kappa shape index (κ1) is 60.4. The predicted molar refractivity (Wildman–Crippen MR) is 266 cm³/mol. The van der Waals surface area contributed by atoms with Gasteiger partial charge >= 0.3 is 17.9 Å². The molecule has 62 heavy (non-hydrogen) atoms.